The van der Waals surface area contributed by atoms with Crippen molar-refractivity contribution in [3.8, 4) is 22.9 Å². The molecule has 0 aliphatic rings. The Bertz CT molecular complexity index is 1140. The highest BCUT2D eigenvalue weighted by molar-refractivity contribution is 9.10. The first-order valence-electron chi connectivity index (χ1n) is 9.95. The molecule has 0 aliphatic heterocycles. The highest BCUT2D eigenvalue weighted by Crippen LogP contribution is 2.33. The van der Waals surface area contributed by atoms with Gasteiger partial charge in [0.05, 0.1) is 13.7 Å². The van der Waals surface area contributed by atoms with Crippen LogP contribution in [0.25, 0.3) is 11.4 Å². The van der Waals surface area contributed by atoms with Gasteiger partial charge in [0.2, 0.25) is 4.77 Å². The van der Waals surface area contributed by atoms with Crippen molar-refractivity contribution in [2.24, 2.45) is 0 Å². The van der Waals surface area contributed by atoms with Gasteiger partial charge < -0.3 is 20.2 Å². The molecule has 2 aromatic carbocycles. The minimum atomic E-state index is -0.326. The number of aromatic amines is 1. The van der Waals surface area contributed by atoms with Crippen LogP contribution in [0.1, 0.15) is 26.3 Å². The fraction of sp³-hybridized carbons (Fsp3) is 0.318. The smallest absolute Gasteiger partial charge is 0.258 e. The number of hydrogen-bond donors (Lipinski definition) is 3. The first kappa shape index (κ1) is 23.8. The molecule has 0 fully saturated rings. The molecule has 0 saturated carbocycles. The number of nitrogens with one attached hydrogen (secondary N) is 3. The number of rotatable bonds is 8. The Kier molecular flexibility index (Phi) is 7.57. The number of benzene rings is 2. The van der Waals surface area contributed by atoms with Crippen LogP contribution in [0.3, 0.4) is 0 Å². The Morgan fingerprint density at radius 3 is 2.59 bits per heavy atom. The van der Waals surface area contributed by atoms with Crippen LogP contribution >= 0.6 is 28.1 Å². The van der Waals surface area contributed by atoms with Crippen molar-refractivity contribution in [1.82, 2.24) is 20.2 Å². The lowest BCUT2D eigenvalue weighted by Gasteiger charge is -2.21. The Morgan fingerprint density at radius 1 is 1.22 bits per heavy atom. The van der Waals surface area contributed by atoms with Crippen LogP contribution < -0.4 is 20.2 Å². The van der Waals surface area contributed by atoms with E-state index in [9.17, 15) is 4.79 Å². The van der Waals surface area contributed by atoms with Crippen LogP contribution in [0, 0.1) is 4.77 Å². The molecule has 1 amide bonds. The molecule has 3 N–H and O–H groups in total. The number of carbonyl (C=O) groups excluding carboxylic acids is 1. The van der Waals surface area contributed by atoms with E-state index in [2.05, 4.69) is 36.9 Å². The molecule has 0 bridgehead atoms. The predicted octanol–water partition coefficient (Wildman–Crippen LogP) is 4.42. The molecule has 0 unspecified atom stereocenters. The summed E-state index contributed by atoms with van der Waals surface area (Å²) in [6.07, 6.45) is 0. The highest BCUT2D eigenvalue weighted by atomic mass is 79.9. The summed E-state index contributed by atoms with van der Waals surface area (Å²) in [5.41, 5.74) is 4.81. The second-order valence-corrected chi connectivity index (χ2v) is 9.31. The summed E-state index contributed by atoms with van der Waals surface area (Å²) in [7, 11) is 1.56. The van der Waals surface area contributed by atoms with Gasteiger partial charge in [0.15, 0.2) is 23.9 Å². The summed E-state index contributed by atoms with van der Waals surface area (Å²) in [5, 5.41) is 10.0. The molecule has 10 heteroatoms. The average molecular weight is 520 g/mol. The minimum Gasteiger partial charge on any atom is -0.493 e. The number of halogens is 1. The summed E-state index contributed by atoms with van der Waals surface area (Å²) in [6, 6.07) is 13.4. The van der Waals surface area contributed by atoms with E-state index in [0.717, 1.165) is 15.6 Å². The Morgan fingerprint density at radius 2 is 1.94 bits per heavy atom. The molecule has 0 spiro atoms. The zero-order valence-corrected chi connectivity index (χ0v) is 20.8. The molecule has 0 aliphatic carbocycles. The van der Waals surface area contributed by atoms with Crippen LogP contribution in [0.2, 0.25) is 0 Å². The molecule has 3 rings (SSSR count). The first-order valence-corrected chi connectivity index (χ1v) is 11.1. The molecular formula is C22H26BrN5O3S. The summed E-state index contributed by atoms with van der Waals surface area (Å²) in [6.45, 7) is 6.08. The van der Waals surface area contributed by atoms with Gasteiger partial charge in [-0.05, 0) is 50.7 Å². The molecule has 8 nitrogen and oxygen atoms in total. The van der Waals surface area contributed by atoms with E-state index in [0.29, 0.717) is 28.6 Å². The number of ether oxygens (including phenoxy) is 2. The maximum absolute atomic E-state index is 12.1. The van der Waals surface area contributed by atoms with Gasteiger partial charge >= 0.3 is 0 Å². The van der Waals surface area contributed by atoms with Gasteiger partial charge in [-0.1, -0.05) is 46.3 Å². The van der Waals surface area contributed by atoms with E-state index in [1.165, 1.54) is 0 Å². The topological polar surface area (TPSA) is 93.2 Å². The van der Waals surface area contributed by atoms with E-state index in [-0.39, 0.29) is 18.1 Å². The number of nitrogens with zero attached hydrogens (tertiary/aromatic N) is 2. The molecule has 3 aromatic rings. The van der Waals surface area contributed by atoms with Crippen LogP contribution in [0.15, 0.2) is 46.9 Å². The number of methoxy groups -OCH3 is 1. The Hall–Kier alpha value is -2.85. The van der Waals surface area contributed by atoms with Crippen molar-refractivity contribution >= 4 is 34.1 Å². The summed E-state index contributed by atoms with van der Waals surface area (Å²) in [5.74, 6) is 1.47. The number of amides is 1. The van der Waals surface area contributed by atoms with Gasteiger partial charge in [-0.25, -0.2) is 9.77 Å². The third-order valence-corrected chi connectivity index (χ3v) is 5.35. The standard InChI is InChI=1S/C22H26BrN5O3S/c1-22(2,3)25-19(29)13-31-18-11-16(23)15(10-17(18)30-4)12-24-28-20(26-27-21(28)32)14-8-6-5-7-9-14/h5-11,24H,12-13H2,1-4H3,(H,25,29)(H,27,32). The van der Waals surface area contributed by atoms with Crippen molar-refractivity contribution in [3.63, 3.8) is 0 Å². The molecule has 170 valence electrons. The van der Waals surface area contributed by atoms with Gasteiger partial charge in [0.25, 0.3) is 5.91 Å². The van der Waals surface area contributed by atoms with Crippen LogP contribution in [-0.4, -0.2) is 40.0 Å². The molecular weight excluding hydrogens is 494 g/mol. The van der Waals surface area contributed by atoms with Gasteiger partial charge in [0.1, 0.15) is 0 Å². The van der Waals surface area contributed by atoms with Gasteiger partial charge in [-0.2, -0.15) is 5.10 Å². The quantitative estimate of drug-likeness (QED) is 0.381. The summed E-state index contributed by atoms with van der Waals surface area (Å²) < 4.78 is 14.2. The highest BCUT2D eigenvalue weighted by Gasteiger charge is 2.16. The van der Waals surface area contributed by atoms with E-state index < -0.39 is 0 Å². The molecule has 1 aromatic heterocycles. The number of carbonyl (C=O) groups is 1. The second kappa shape index (κ2) is 10.2. The normalized spacial score (nSPS) is 11.2. The maximum atomic E-state index is 12.1. The lowest BCUT2D eigenvalue weighted by molar-refractivity contribution is -0.124. The van der Waals surface area contributed by atoms with Crippen molar-refractivity contribution in [2.75, 3.05) is 19.1 Å². The number of aromatic nitrogens is 3. The summed E-state index contributed by atoms with van der Waals surface area (Å²) in [4.78, 5) is 12.1. The molecule has 0 saturated heterocycles. The van der Waals surface area contributed by atoms with E-state index >= 15 is 0 Å². The number of hydrogen-bond acceptors (Lipinski definition) is 6. The van der Waals surface area contributed by atoms with Crippen molar-refractivity contribution < 1.29 is 14.3 Å². The third kappa shape index (κ3) is 6.10. The predicted molar refractivity (Wildman–Crippen MR) is 130 cm³/mol. The monoisotopic (exact) mass is 519 g/mol. The zero-order chi connectivity index (χ0) is 23.3. The Labute approximate surface area is 200 Å². The van der Waals surface area contributed by atoms with Gasteiger partial charge in [-0.15, -0.1) is 0 Å². The molecule has 32 heavy (non-hydrogen) atoms. The fourth-order valence-corrected chi connectivity index (χ4v) is 3.63. The van der Waals surface area contributed by atoms with Crippen LogP contribution in [0.4, 0.5) is 0 Å². The average Bonchev–Trinajstić information content (AvgIpc) is 3.11. The van der Waals surface area contributed by atoms with E-state index in [4.69, 9.17) is 21.7 Å². The summed E-state index contributed by atoms with van der Waals surface area (Å²) >= 11 is 8.95. The van der Waals surface area contributed by atoms with Crippen LogP contribution in [0.5, 0.6) is 11.5 Å². The second-order valence-electron chi connectivity index (χ2n) is 8.07. The van der Waals surface area contributed by atoms with Crippen molar-refractivity contribution in [1.29, 1.82) is 0 Å². The van der Waals surface area contributed by atoms with Crippen molar-refractivity contribution in [3.05, 3.63) is 57.3 Å². The maximum Gasteiger partial charge on any atom is 0.258 e. The first-order chi connectivity index (χ1) is 15.2. The van der Waals surface area contributed by atoms with Crippen molar-refractivity contribution in [2.45, 2.75) is 32.9 Å². The van der Waals surface area contributed by atoms with Gasteiger partial charge in [0, 0.05) is 15.6 Å². The van der Waals surface area contributed by atoms with Crippen LogP contribution in [-0.2, 0) is 11.3 Å². The fourth-order valence-electron chi connectivity index (χ4n) is 2.97. The third-order valence-electron chi connectivity index (χ3n) is 4.34. The lowest BCUT2D eigenvalue weighted by Crippen LogP contribution is -2.43. The molecule has 1 heterocycles. The minimum absolute atomic E-state index is 0.109. The largest absolute Gasteiger partial charge is 0.493 e. The molecule has 0 radical (unpaired) electrons. The van der Waals surface area contributed by atoms with Gasteiger partial charge in [-0.3, -0.25) is 4.79 Å². The van der Waals surface area contributed by atoms with E-state index in [1.54, 1.807) is 17.9 Å². The lowest BCUT2D eigenvalue weighted by atomic mass is 10.1. The Balaban J connectivity index is 1.75. The number of H-pyrrole nitrogens is 1. The SMILES string of the molecule is COc1cc(CNn2c(-c3ccccc3)n[nH]c2=S)c(Br)cc1OCC(=O)NC(C)(C)C. The van der Waals surface area contributed by atoms with E-state index in [1.807, 2.05) is 57.2 Å². The molecule has 0 atom stereocenters. The zero-order valence-electron chi connectivity index (χ0n) is 18.4.